The summed E-state index contributed by atoms with van der Waals surface area (Å²) in [4.78, 5) is 36.5. The summed E-state index contributed by atoms with van der Waals surface area (Å²) in [7, 11) is 0. The summed E-state index contributed by atoms with van der Waals surface area (Å²) in [5.74, 6) is -4.51. The molecule has 0 aliphatic carbocycles. The maximum atomic E-state index is 15.9. The highest BCUT2D eigenvalue weighted by Crippen LogP contribution is 2.34. The molecular formula is C31H31F5N6O5. The first-order valence-corrected chi connectivity index (χ1v) is 14.0. The van der Waals surface area contributed by atoms with E-state index in [-0.39, 0.29) is 41.9 Å². The van der Waals surface area contributed by atoms with E-state index in [0.29, 0.717) is 23.4 Å². The van der Waals surface area contributed by atoms with Gasteiger partial charge in [-0.2, -0.15) is 17.9 Å². The molecule has 0 radical (unpaired) electrons. The third kappa shape index (κ3) is 9.48. The number of amidine groups is 1. The van der Waals surface area contributed by atoms with Gasteiger partial charge in [0.15, 0.2) is 11.6 Å². The standard InChI is InChI=1S/C29H30F2N6O3.C2HF3O2/c1-3-18-14-21(26(31)25(16-18)40-13-12-30)22(15-19-8-10-20(11-9-19)27(32)33)28-35-29(39)37(36-28)24-7-5-4-6-23(24)34-17(2)38;3-2(4,5)1(6)7/h4-11,14,16,22H,3,12-13,15H2,1-2H3,(H3,32,33)(H,34,38)(H,35,36,39);(H,6,7). The lowest BCUT2D eigenvalue weighted by molar-refractivity contribution is -0.192. The average molecular weight is 663 g/mol. The van der Waals surface area contributed by atoms with Gasteiger partial charge in [-0.3, -0.25) is 15.2 Å². The first kappa shape index (κ1) is 35.9. The highest BCUT2D eigenvalue weighted by atomic mass is 19.4. The summed E-state index contributed by atoms with van der Waals surface area (Å²) >= 11 is 0. The Morgan fingerprint density at radius 1 is 1.13 bits per heavy atom. The van der Waals surface area contributed by atoms with Gasteiger partial charge in [-0.15, -0.1) is 5.10 Å². The number of para-hydroxylation sites is 2. The molecule has 1 amide bonds. The summed E-state index contributed by atoms with van der Waals surface area (Å²) in [6, 6.07) is 16.8. The topological polar surface area (TPSA) is 176 Å². The van der Waals surface area contributed by atoms with Crippen LogP contribution in [0.15, 0.2) is 65.5 Å². The van der Waals surface area contributed by atoms with Crippen molar-refractivity contribution in [1.82, 2.24) is 14.8 Å². The number of nitrogen functional groups attached to an aromatic ring is 1. The monoisotopic (exact) mass is 662 g/mol. The molecule has 1 heterocycles. The van der Waals surface area contributed by atoms with Crippen LogP contribution in [0.5, 0.6) is 5.75 Å². The van der Waals surface area contributed by atoms with Crippen molar-refractivity contribution < 1.29 is 41.4 Å². The SMILES string of the molecule is CCc1cc(OCCF)c(F)c(C(Cc2ccc(C(=N)N)cc2)c2nn(-c3ccccc3NC(C)=O)c(=O)[nH]2)c1.O=C(O)C(F)(F)F. The minimum absolute atomic E-state index is 0.0817. The minimum atomic E-state index is -5.08. The second-order valence-corrected chi connectivity index (χ2v) is 9.98. The number of hydrogen-bond donors (Lipinski definition) is 5. The number of carboxylic acids is 1. The molecule has 0 spiro atoms. The van der Waals surface area contributed by atoms with E-state index in [2.05, 4.69) is 15.4 Å². The number of carbonyl (C=O) groups excluding carboxylic acids is 1. The number of nitrogens with zero attached hydrogens (tertiary/aromatic N) is 2. The second kappa shape index (κ2) is 15.6. The fourth-order valence-corrected chi connectivity index (χ4v) is 4.41. The first-order chi connectivity index (χ1) is 22.2. The minimum Gasteiger partial charge on any atom is -0.488 e. The molecule has 1 unspecified atom stereocenters. The van der Waals surface area contributed by atoms with Crippen molar-refractivity contribution in [3.63, 3.8) is 0 Å². The molecular weight excluding hydrogens is 631 g/mol. The molecule has 6 N–H and O–H groups in total. The quantitative estimate of drug-likeness (QED) is 0.0865. The molecule has 11 nitrogen and oxygen atoms in total. The van der Waals surface area contributed by atoms with Crippen LogP contribution in [0.3, 0.4) is 0 Å². The lowest BCUT2D eigenvalue weighted by atomic mass is 9.89. The molecule has 0 aliphatic rings. The van der Waals surface area contributed by atoms with Crippen LogP contribution in [0.2, 0.25) is 0 Å². The Morgan fingerprint density at radius 3 is 2.32 bits per heavy atom. The zero-order chi connectivity index (χ0) is 34.9. The fraction of sp³-hybridized carbons (Fsp3) is 0.258. The lowest BCUT2D eigenvalue weighted by Gasteiger charge is -2.19. The van der Waals surface area contributed by atoms with Gasteiger partial charge in [-0.1, -0.05) is 49.4 Å². The number of amides is 1. The van der Waals surface area contributed by atoms with E-state index < -0.39 is 36.2 Å². The van der Waals surface area contributed by atoms with E-state index in [1.54, 1.807) is 54.6 Å². The molecule has 250 valence electrons. The fourth-order valence-electron chi connectivity index (χ4n) is 4.41. The van der Waals surface area contributed by atoms with Crippen molar-refractivity contribution in [1.29, 1.82) is 5.41 Å². The predicted octanol–water partition coefficient (Wildman–Crippen LogP) is 4.86. The Labute approximate surface area is 264 Å². The maximum absolute atomic E-state index is 15.9. The van der Waals surface area contributed by atoms with Crippen molar-refractivity contribution in [3.8, 4) is 11.4 Å². The first-order valence-electron chi connectivity index (χ1n) is 14.0. The number of hydrogen-bond acceptors (Lipinski definition) is 6. The maximum Gasteiger partial charge on any atom is 0.490 e. The Balaban J connectivity index is 0.000000771. The normalized spacial score (nSPS) is 11.6. The molecule has 3 aromatic carbocycles. The van der Waals surface area contributed by atoms with Gasteiger partial charge in [-0.05, 0) is 42.2 Å². The number of halogens is 5. The largest absolute Gasteiger partial charge is 0.490 e. The third-order valence-electron chi connectivity index (χ3n) is 6.60. The average Bonchev–Trinajstić information content (AvgIpc) is 3.40. The summed E-state index contributed by atoms with van der Waals surface area (Å²) < 4.78 is 67.0. The number of nitrogens with two attached hydrogens (primary N) is 1. The van der Waals surface area contributed by atoms with Gasteiger partial charge in [0.05, 0.1) is 17.3 Å². The van der Waals surface area contributed by atoms with Crippen molar-refractivity contribution in [2.24, 2.45) is 5.73 Å². The molecule has 0 fully saturated rings. The smallest absolute Gasteiger partial charge is 0.488 e. The molecule has 16 heteroatoms. The Bertz CT molecular complexity index is 1790. The molecule has 0 saturated carbocycles. The molecule has 0 saturated heterocycles. The highest BCUT2D eigenvalue weighted by molar-refractivity contribution is 5.94. The number of carbonyl (C=O) groups is 2. The van der Waals surface area contributed by atoms with Crippen LogP contribution in [-0.4, -0.2) is 57.0 Å². The zero-order valence-corrected chi connectivity index (χ0v) is 25.1. The second-order valence-electron chi connectivity index (χ2n) is 9.98. The Hall–Kier alpha value is -5.54. The highest BCUT2D eigenvalue weighted by Gasteiger charge is 2.38. The van der Waals surface area contributed by atoms with Gasteiger partial charge in [0.2, 0.25) is 5.91 Å². The number of aryl methyl sites for hydroxylation is 1. The summed E-state index contributed by atoms with van der Waals surface area (Å²) in [5, 5.41) is 22.0. The van der Waals surface area contributed by atoms with Gasteiger partial charge in [0.25, 0.3) is 0 Å². The number of rotatable bonds is 11. The van der Waals surface area contributed by atoms with Crippen LogP contribution >= 0.6 is 0 Å². The number of benzene rings is 3. The predicted molar refractivity (Wildman–Crippen MR) is 162 cm³/mol. The number of aliphatic carboxylic acids is 1. The van der Waals surface area contributed by atoms with Gasteiger partial charge < -0.3 is 20.9 Å². The molecule has 0 aliphatic heterocycles. The van der Waals surface area contributed by atoms with Crippen LogP contribution in [0.25, 0.3) is 5.69 Å². The molecule has 4 rings (SSSR count). The number of ether oxygens (including phenoxy) is 1. The summed E-state index contributed by atoms with van der Waals surface area (Å²) in [6.07, 6.45) is -4.29. The van der Waals surface area contributed by atoms with E-state index >= 15 is 4.39 Å². The van der Waals surface area contributed by atoms with E-state index in [0.717, 1.165) is 15.8 Å². The van der Waals surface area contributed by atoms with Crippen LogP contribution in [0.1, 0.15) is 47.8 Å². The van der Waals surface area contributed by atoms with Gasteiger partial charge in [0.1, 0.15) is 24.9 Å². The number of aromatic nitrogens is 3. The van der Waals surface area contributed by atoms with E-state index in [9.17, 15) is 27.2 Å². The van der Waals surface area contributed by atoms with E-state index in [1.165, 1.54) is 13.0 Å². The van der Waals surface area contributed by atoms with Crippen molar-refractivity contribution in [2.45, 2.75) is 38.8 Å². The molecule has 1 atom stereocenters. The number of anilines is 1. The van der Waals surface area contributed by atoms with Crippen LogP contribution in [-0.2, 0) is 22.4 Å². The van der Waals surface area contributed by atoms with Crippen LogP contribution in [0, 0.1) is 11.2 Å². The van der Waals surface area contributed by atoms with E-state index in [1.807, 2.05) is 6.92 Å². The van der Waals surface area contributed by atoms with Crippen molar-refractivity contribution in [2.75, 3.05) is 18.6 Å². The molecule has 0 bridgehead atoms. The number of aromatic amines is 1. The number of carboxylic acid groups (broad SMARTS) is 1. The zero-order valence-electron chi connectivity index (χ0n) is 25.1. The number of alkyl halides is 4. The Kier molecular flexibility index (Phi) is 12.0. The van der Waals surface area contributed by atoms with Crippen molar-refractivity contribution >= 4 is 23.4 Å². The van der Waals surface area contributed by atoms with Gasteiger partial charge in [0, 0.05) is 18.1 Å². The van der Waals surface area contributed by atoms with Crippen molar-refractivity contribution in [3.05, 3.63) is 105 Å². The summed E-state index contributed by atoms with van der Waals surface area (Å²) in [6.45, 7) is 2.19. The third-order valence-corrected chi connectivity index (χ3v) is 6.60. The lowest BCUT2D eigenvalue weighted by Crippen LogP contribution is -2.21. The van der Waals surface area contributed by atoms with E-state index in [4.69, 9.17) is 25.8 Å². The summed E-state index contributed by atoms with van der Waals surface area (Å²) in [5.41, 5.74) is 8.02. The van der Waals surface area contributed by atoms with Gasteiger partial charge in [-0.25, -0.2) is 18.4 Å². The molecule has 1 aromatic heterocycles. The van der Waals surface area contributed by atoms with Gasteiger partial charge >= 0.3 is 17.8 Å². The van der Waals surface area contributed by atoms with Crippen LogP contribution in [0.4, 0.5) is 27.6 Å². The molecule has 47 heavy (non-hydrogen) atoms. The number of H-pyrrole nitrogens is 1. The molecule has 4 aromatic rings. The van der Waals surface area contributed by atoms with Crippen LogP contribution < -0.4 is 21.5 Å². The number of nitrogens with one attached hydrogen (secondary N) is 3. The Morgan fingerprint density at radius 2 is 1.77 bits per heavy atom.